The van der Waals surface area contributed by atoms with Crippen LogP contribution in [0.1, 0.15) is 32.3 Å². The van der Waals surface area contributed by atoms with Gasteiger partial charge in [-0.3, -0.25) is 0 Å². The summed E-state index contributed by atoms with van der Waals surface area (Å²) >= 11 is 0. The second-order valence-corrected chi connectivity index (χ2v) is 6.94. The summed E-state index contributed by atoms with van der Waals surface area (Å²) in [6.45, 7) is 7.24. The topological polar surface area (TPSA) is 37.4 Å². The van der Waals surface area contributed by atoms with Crippen molar-refractivity contribution in [2.45, 2.75) is 38.5 Å². The van der Waals surface area contributed by atoms with Gasteiger partial charge >= 0.3 is 0 Å². The molecule has 0 spiro atoms. The van der Waals surface area contributed by atoms with Gasteiger partial charge in [0, 0.05) is 13.1 Å². The molecule has 4 heteroatoms. The maximum absolute atomic E-state index is 12.6. The van der Waals surface area contributed by atoms with Gasteiger partial charge in [-0.15, -0.1) is 0 Å². The van der Waals surface area contributed by atoms with Gasteiger partial charge in [0.1, 0.15) is 0 Å². The minimum Gasteiger partial charge on any atom is -0.207 e. The first kappa shape index (κ1) is 14.3. The molecule has 0 radical (unpaired) electrons. The molecule has 104 valence electrons. The summed E-state index contributed by atoms with van der Waals surface area (Å²) in [6, 6.07) is 7.08. The molecule has 19 heavy (non-hydrogen) atoms. The minimum atomic E-state index is -3.35. The van der Waals surface area contributed by atoms with E-state index in [1.165, 1.54) is 11.1 Å². The number of hydrogen-bond acceptors (Lipinski definition) is 2. The molecular formula is C15H21NO2S. The van der Waals surface area contributed by atoms with Crippen LogP contribution in [-0.2, 0) is 10.0 Å². The third-order valence-corrected chi connectivity index (χ3v) is 5.55. The maximum Gasteiger partial charge on any atom is 0.243 e. The van der Waals surface area contributed by atoms with Crippen LogP contribution in [0, 0.1) is 6.92 Å². The molecule has 1 aromatic carbocycles. The van der Waals surface area contributed by atoms with Gasteiger partial charge in [0.05, 0.1) is 4.90 Å². The number of hydrogen-bond donors (Lipinski definition) is 0. The Kier molecular flexibility index (Phi) is 4.11. The van der Waals surface area contributed by atoms with Crippen LogP contribution in [0.5, 0.6) is 0 Å². The first-order valence-electron chi connectivity index (χ1n) is 6.75. The number of nitrogens with zero attached hydrogens (tertiary/aromatic N) is 1. The van der Waals surface area contributed by atoms with E-state index in [9.17, 15) is 8.42 Å². The number of sulfonamides is 1. The molecule has 1 heterocycles. The zero-order valence-electron chi connectivity index (χ0n) is 11.8. The third-order valence-electron chi connectivity index (χ3n) is 3.75. The predicted octanol–water partition coefficient (Wildman–Crippen LogP) is 3.12. The molecule has 0 saturated carbocycles. The highest BCUT2D eigenvalue weighted by Gasteiger charge is 2.30. The number of rotatable bonds is 4. The van der Waals surface area contributed by atoms with Crippen LogP contribution in [0.25, 0.3) is 0 Å². The minimum absolute atomic E-state index is 0.394. The van der Waals surface area contributed by atoms with E-state index in [4.69, 9.17) is 0 Å². The van der Waals surface area contributed by atoms with Gasteiger partial charge in [0.25, 0.3) is 0 Å². The average Bonchev–Trinajstić information content (AvgIpc) is 2.83. The fraction of sp³-hybridized carbons (Fsp3) is 0.467. The molecule has 0 N–H and O–H groups in total. The van der Waals surface area contributed by atoms with Crippen molar-refractivity contribution in [3.63, 3.8) is 0 Å². The Hall–Kier alpha value is -1.13. The highest BCUT2D eigenvalue weighted by molar-refractivity contribution is 7.89. The summed E-state index contributed by atoms with van der Waals surface area (Å²) in [6.07, 6.45) is 1.87. The monoisotopic (exact) mass is 279 g/mol. The molecule has 0 aliphatic carbocycles. The quantitative estimate of drug-likeness (QED) is 0.794. The van der Waals surface area contributed by atoms with Crippen molar-refractivity contribution in [3.8, 4) is 0 Å². The Balaban J connectivity index is 2.26. The maximum atomic E-state index is 12.6. The molecule has 3 nitrogen and oxygen atoms in total. The van der Waals surface area contributed by atoms with Crippen LogP contribution in [0.3, 0.4) is 0 Å². The largest absolute Gasteiger partial charge is 0.243 e. The second-order valence-electron chi connectivity index (χ2n) is 5.00. The van der Waals surface area contributed by atoms with Gasteiger partial charge in [-0.1, -0.05) is 42.7 Å². The molecule has 1 aliphatic rings. The van der Waals surface area contributed by atoms with Gasteiger partial charge in [0.15, 0.2) is 0 Å². The zero-order valence-corrected chi connectivity index (χ0v) is 12.6. The molecular weight excluding hydrogens is 258 g/mol. The normalized spacial score (nSPS) is 17.2. The summed E-state index contributed by atoms with van der Waals surface area (Å²) in [4.78, 5) is 0.394. The highest BCUT2D eigenvalue weighted by atomic mass is 32.2. The predicted molar refractivity (Wildman–Crippen MR) is 77.5 cm³/mol. The van der Waals surface area contributed by atoms with Crippen LogP contribution in [0.2, 0.25) is 0 Å². The fourth-order valence-electron chi connectivity index (χ4n) is 2.46. The van der Waals surface area contributed by atoms with Crippen molar-refractivity contribution in [2.24, 2.45) is 0 Å². The molecule has 0 aromatic heterocycles. The highest BCUT2D eigenvalue weighted by Crippen LogP contribution is 2.28. The lowest BCUT2D eigenvalue weighted by Crippen LogP contribution is -2.29. The van der Waals surface area contributed by atoms with E-state index >= 15 is 0 Å². The van der Waals surface area contributed by atoms with E-state index in [1.807, 2.05) is 19.1 Å². The number of benzene rings is 1. The molecule has 0 fully saturated rings. The van der Waals surface area contributed by atoms with Crippen LogP contribution >= 0.6 is 0 Å². The zero-order chi connectivity index (χ0) is 14.0. The summed E-state index contributed by atoms with van der Waals surface area (Å²) in [5.41, 5.74) is 3.62. The fourth-order valence-corrected chi connectivity index (χ4v) is 3.89. The molecule has 0 bridgehead atoms. The lowest BCUT2D eigenvalue weighted by atomic mass is 10.1. The third kappa shape index (κ3) is 2.74. The Morgan fingerprint density at radius 2 is 1.47 bits per heavy atom. The van der Waals surface area contributed by atoms with Crippen LogP contribution < -0.4 is 0 Å². The van der Waals surface area contributed by atoms with Crippen molar-refractivity contribution in [1.82, 2.24) is 4.31 Å². The molecule has 0 amide bonds. The van der Waals surface area contributed by atoms with E-state index in [2.05, 4.69) is 13.8 Å². The first-order valence-corrected chi connectivity index (χ1v) is 8.19. The Morgan fingerprint density at radius 1 is 1.00 bits per heavy atom. The van der Waals surface area contributed by atoms with Crippen LogP contribution in [0.15, 0.2) is 40.3 Å². The summed E-state index contributed by atoms with van der Waals surface area (Å²) in [5, 5.41) is 0. The van der Waals surface area contributed by atoms with Gasteiger partial charge in [-0.25, -0.2) is 8.42 Å². The summed E-state index contributed by atoms with van der Waals surface area (Å²) < 4.78 is 26.7. The Morgan fingerprint density at radius 3 is 1.89 bits per heavy atom. The van der Waals surface area contributed by atoms with Crippen LogP contribution in [0.4, 0.5) is 0 Å². The first-order chi connectivity index (χ1) is 8.98. The van der Waals surface area contributed by atoms with Crippen LogP contribution in [-0.4, -0.2) is 25.8 Å². The lowest BCUT2D eigenvalue weighted by Gasteiger charge is -2.17. The standard InChI is InChI=1S/C15H21NO2S/c1-4-13-10-16(11-14(13)5-2)19(17,18)15-8-6-12(3)7-9-15/h6-9H,4-5,10-11H2,1-3H3. The van der Waals surface area contributed by atoms with E-state index in [-0.39, 0.29) is 0 Å². The van der Waals surface area contributed by atoms with Crippen molar-refractivity contribution in [3.05, 3.63) is 41.0 Å². The van der Waals surface area contributed by atoms with Gasteiger partial charge < -0.3 is 0 Å². The second kappa shape index (κ2) is 5.47. The van der Waals surface area contributed by atoms with Gasteiger partial charge in [-0.05, 0) is 31.9 Å². The van der Waals surface area contributed by atoms with Crippen molar-refractivity contribution in [2.75, 3.05) is 13.1 Å². The smallest absolute Gasteiger partial charge is 0.207 e. The van der Waals surface area contributed by atoms with E-state index < -0.39 is 10.0 Å². The van der Waals surface area contributed by atoms with E-state index in [0.717, 1.165) is 18.4 Å². The van der Waals surface area contributed by atoms with Gasteiger partial charge in [0.2, 0.25) is 10.0 Å². The Labute approximate surface area is 116 Å². The molecule has 1 aliphatic heterocycles. The summed E-state index contributed by atoms with van der Waals surface area (Å²) in [7, 11) is -3.35. The molecule has 1 aromatic rings. The van der Waals surface area contributed by atoms with E-state index in [0.29, 0.717) is 18.0 Å². The summed E-state index contributed by atoms with van der Waals surface area (Å²) in [5.74, 6) is 0. The van der Waals surface area contributed by atoms with Crippen molar-refractivity contribution in [1.29, 1.82) is 0 Å². The van der Waals surface area contributed by atoms with E-state index in [1.54, 1.807) is 16.4 Å². The average molecular weight is 279 g/mol. The molecule has 0 unspecified atom stereocenters. The molecule has 0 saturated heterocycles. The van der Waals surface area contributed by atoms with Gasteiger partial charge in [-0.2, -0.15) is 4.31 Å². The van der Waals surface area contributed by atoms with Crippen molar-refractivity contribution < 1.29 is 8.42 Å². The number of aryl methyl sites for hydroxylation is 1. The SMILES string of the molecule is CCC1=C(CC)CN(S(=O)(=O)c2ccc(C)cc2)C1. The van der Waals surface area contributed by atoms with Crippen molar-refractivity contribution >= 4 is 10.0 Å². The lowest BCUT2D eigenvalue weighted by molar-refractivity contribution is 0.478. The Bertz CT molecular complexity index is 569. The molecule has 0 atom stereocenters. The molecule has 2 rings (SSSR count).